The van der Waals surface area contributed by atoms with Gasteiger partial charge in [-0.2, -0.15) is 0 Å². The Morgan fingerprint density at radius 2 is 1.80 bits per heavy atom. The number of aromatic nitrogens is 1. The van der Waals surface area contributed by atoms with Crippen LogP contribution in [0.25, 0.3) is 0 Å². The molecule has 0 saturated carbocycles. The monoisotopic (exact) mass is 360 g/mol. The fourth-order valence-electron chi connectivity index (χ4n) is 2.89. The molecule has 1 aromatic carbocycles. The van der Waals surface area contributed by atoms with Gasteiger partial charge < -0.3 is 10.0 Å². The van der Waals surface area contributed by atoms with Gasteiger partial charge in [0.25, 0.3) is 0 Å². The molecule has 0 fully saturated rings. The normalized spacial score (nSPS) is 15.6. The van der Waals surface area contributed by atoms with Crippen molar-refractivity contribution >= 4 is 11.3 Å². The van der Waals surface area contributed by atoms with Gasteiger partial charge >= 0.3 is 0 Å². The first-order chi connectivity index (χ1) is 11.7. The Morgan fingerprint density at radius 1 is 1.16 bits per heavy atom. The van der Waals surface area contributed by atoms with Crippen LogP contribution in [0.3, 0.4) is 0 Å². The van der Waals surface area contributed by atoms with Gasteiger partial charge in [-0.1, -0.05) is 45.0 Å². The Kier molecular flexibility index (Phi) is 6.78. The minimum Gasteiger partial charge on any atom is -0.383 e. The second kappa shape index (κ2) is 8.43. The Balaban J connectivity index is 1.96. The molecule has 0 aliphatic heterocycles. The van der Waals surface area contributed by atoms with Crippen LogP contribution in [0.15, 0.2) is 30.5 Å². The number of hydrogen-bond acceptors (Lipinski definition) is 4. The quantitative estimate of drug-likeness (QED) is 0.710. The molecule has 0 spiro atoms. The number of nitrogens with zero attached hydrogens (tertiary/aromatic N) is 2. The number of benzene rings is 1. The molecule has 3 nitrogen and oxygen atoms in total. The average Bonchev–Trinajstić information content (AvgIpc) is 3.04. The van der Waals surface area contributed by atoms with Crippen molar-refractivity contribution in [3.05, 3.63) is 51.5 Å². The van der Waals surface area contributed by atoms with Crippen LogP contribution in [0.2, 0.25) is 0 Å². The van der Waals surface area contributed by atoms with Crippen molar-refractivity contribution in [2.24, 2.45) is 0 Å². The molecule has 0 amide bonds. The summed E-state index contributed by atoms with van der Waals surface area (Å²) in [5, 5.41) is 11.7. The molecule has 0 bridgehead atoms. The molecule has 2 atom stereocenters. The van der Waals surface area contributed by atoms with Crippen LogP contribution >= 0.6 is 11.3 Å². The maximum absolute atomic E-state index is 10.9. The molecule has 1 heterocycles. The van der Waals surface area contributed by atoms with Crippen molar-refractivity contribution in [2.75, 3.05) is 14.1 Å². The van der Waals surface area contributed by atoms with Gasteiger partial charge in [-0.3, -0.25) is 0 Å². The zero-order valence-corrected chi connectivity index (χ0v) is 17.2. The predicted molar refractivity (Wildman–Crippen MR) is 107 cm³/mol. The first-order valence-corrected chi connectivity index (χ1v) is 9.93. The van der Waals surface area contributed by atoms with Gasteiger partial charge in [0.05, 0.1) is 0 Å². The number of rotatable bonds is 8. The molecule has 0 saturated heterocycles. The molecule has 4 heteroatoms. The van der Waals surface area contributed by atoms with E-state index in [4.69, 9.17) is 0 Å². The minimum absolute atomic E-state index is 0.421. The van der Waals surface area contributed by atoms with Gasteiger partial charge in [-0.15, -0.1) is 11.3 Å². The van der Waals surface area contributed by atoms with E-state index in [-0.39, 0.29) is 0 Å². The second-order valence-corrected chi connectivity index (χ2v) is 8.98. The first kappa shape index (κ1) is 20.1. The first-order valence-electron chi connectivity index (χ1n) is 9.11. The van der Waals surface area contributed by atoms with E-state index in [0.717, 1.165) is 24.4 Å². The van der Waals surface area contributed by atoms with Gasteiger partial charge in [-0.05, 0) is 56.8 Å². The minimum atomic E-state index is -0.850. The van der Waals surface area contributed by atoms with E-state index in [1.165, 1.54) is 16.0 Å². The third-order valence-corrected chi connectivity index (χ3v) is 6.22. The lowest BCUT2D eigenvalue weighted by atomic mass is 9.90. The second-order valence-electron chi connectivity index (χ2n) is 7.92. The lowest BCUT2D eigenvalue weighted by molar-refractivity contribution is 0.0436. The van der Waals surface area contributed by atoms with Crippen LogP contribution in [0, 0.1) is 0 Å². The van der Waals surface area contributed by atoms with E-state index in [1.807, 2.05) is 13.1 Å². The highest BCUT2D eigenvalue weighted by molar-refractivity contribution is 7.11. The summed E-state index contributed by atoms with van der Waals surface area (Å²) < 4.78 is 0. The van der Waals surface area contributed by atoms with E-state index < -0.39 is 5.60 Å². The summed E-state index contributed by atoms with van der Waals surface area (Å²) in [6, 6.07) is 8.86. The summed E-state index contributed by atoms with van der Waals surface area (Å²) in [4.78, 5) is 7.87. The molecule has 0 radical (unpaired) electrons. The van der Waals surface area contributed by atoms with Gasteiger partial charge in [-0.25, -0.2) is 4.98 Å². The molecular formula is C21H32N2OS. The zero-order valence-electron chi connectivity index (χ0n) is 16.4. The Labute approximate surface area is 156 Å². The Bertz CT molecular complexity index is 659. The van der Waals surface area contributed by atoms with Gasteiger partial charge in [0, 0.05) is 17.6 Å². The molecule has 0 aliphatic rings. The highest BCUT2D eigenvalue weighted by Gasteiger charge is 2.27. The molecular weight excluding hydrogens is 328 g/mol. The van der Waals surface area contributed by atoms with E-state index in [2.05, 4.69) is 69.0 Å². The number of hydrogen-bond donors (Lipinski definition) is 1. The number of thiazole rings is 1. The molecule has 0 aliphatic carbocycles. The molecule has 138 valence electrons. The van der Waals surface area contributed by atoms with Crippen molar-refractivity contribution in [1.29, 1.82) is 0 Å². The summed E-state index contributed by atoms with van der Waals surface area (Å²) in [5.74, 6) is 0.881. The standard InChI is InChI=1S/C21H32N2OS/c1-15(2)19-13-22-20(25-19)21(4,24)12-11-16(3)18-9-7-17(8-10-18)14-23(5)6/h7-10,13,15-16,24H,11-12,14H2,1-6H3. The van der Waals surface area contributed by atoms with Crippen LogP contribution in [0.1, 0.15) is 73.4 Å². The molecule has 2 aromatic rings. The van der Waals surface area contributed by atoms with E-state index in [1.54, 1.807) is 11.3 Å². The van der Waals surface area contributed by atoms with E-state index in [9.17, 15) is 5.11 Å². The van der Waals surface area contributed by atoms with Crippen LogP contribution in [0.4, 0.5) is 0 Å². The van der Waals surface area contributed by atoms with Crippen molar-refractivity contribution in [3.8, 4) is 0 Å². The summed E-state index contributed by atoms with van der Waals surface area (Å²) in [6.45, 7) is 9.41. The maximum atomic E-state index is 10.9. The Morgan fingerprint density at radius 3 is 2.32 bits per heavy atom. The smallest absolute Gasteiger partial charge is 0.124 e. The summed E-state index contributed by atoms with van der Waals surface area (Å²) >= 11 is 1.64. The van der Waals surface area contributed by atoms with Gasteiger partial charge in [0.15, 0.2) is 0 Å². The molecule has 1 N–H and O–H groups in total. The lowest BCUT2D eigenvalue weighted by Crippen LogP contribution is -2.21. The highest BCUT2D eigenvalue weighted by atomic mass is 32.1. The summed E-state index contributed by atoms with van der Waals surface area (Å²) in [6.07, 6.45) is 3.57. The summed E-state index contributed by atoms with van der Waals surface area (Å²) in [5.41, 5.74) is 1.81. The van der Waals surface area contributed by atoms with Gasteiger partial charge in [0.1, 0.15) is 10.6 Å². The van der Waals surface area contributed by atoms with Crippen LogP contribution in [-0.2, 0) is 12.1 Å². The molecule has 2 unspecified atom stereocenters. The van der Waals surface area contributed by atoms with Crippen LogP contribution in [-0.4, -0.2) is 29.1 Å². The van der Waals surface area contributed by atoms with Crippen molar-refractivity contribution in [2.45, 2.75) is 64.5 Å². The largest absolute Gasteiger partial charge is 0.383 e. The fraction of sp³-hybridized carbons (Fsp3) is 0.571. The van der Waals surface area contributed by atoms with Gasteiger partial charge in [0.2, 0.25) is 0 Å². The lowest BCUT2D eigenvalue weighted by Gasteiger charge is -2.23. The Hall–Kier alpha value is -1.23. The SMILES string of the molecule is CC(C)c1cnc(C(C)(O)CCC(C)c2ccc(CN(C)C)cc2)s1. The van der Waals surface area contributed by atoms with E-state index >= 15 is 0 Å². The van der Waals surface area contributed by atoms with Crippen molar-refractivity contribution < 1.29 is 5.11 Å². The third-order valence-electron chi connectivity index (χ3n) is 4.67. The fourth-order valence-corrected chi connectivity index (χ4v) is 3.88. The molecule has 2 rings (SSSR count). The van der Waals surface area contributed by atoms with Crippen LogP contribution < -0.4 is 0 Å². The summed E-state index contributed by atoms with van der Waals surface area (Å²) in [7, 11) is 4.17. The third kappa shape index (κ3) is 5.63. The average molecular weight is 361 g/mol. The van der Waals surface area contributed by atoms with Crippen molar-refractivity contribution in [3.63, 3.8) is 0 Å². The van der Waals surface area contributed by atoms with E-state index in [0.29, 0.717) is 11.8 Å². The topological polar surface area (TPSA) is 36.4 Å². The molecule has 1 aromatic heterocycles. The number of aliphatic hydroxyl groups is 1. The predicted octanol–water partition coefficient (Wildman–Crippen LogP) is 5.12. The van der Waals surface area contributed by atoms with Crippen molar-refractivity contribution in [1.82, 2.24) is 9.88 Å². The molecule has 25 heavy (non-hydrogen) atoms. The highest BCUT2D eigenvalue weighted by Crippen LogP contribution is 2.34. The maximum Gasteiger partial charge on any atom is 0.124 e. The zero-order chi connectivity index (χ0) is 18.6. The van der Waals surface area contributed by atoms with Crippen LogP contribution in [0.5, 0.6) is 0 Å².